The topological polar surface area (TPSA) is 164 Å². The summed E-state index contributed by atoms with van der Waals surface area (Å²) in [4.78, 5) is 49.0. The van der Waals surface area contributed by atoms with Crippen LogP contribution >= 0.6 is 23.3 Å². The fourth-order valence-electron chi connectivity index (χ4n) is 4.10. The average Bonchev–Trinajstić information content (AvgIpc) is 3.55. The van der Waals surface area contributed by atoms with Crippen LogP contribution in [0.15, 0.2) is 59.2 Å². The average molecular weight is 564 g/mol. The number of oxime groups is 1. The van der Waals surface area contributed by atoms with E-state index in [9.17, 15) is 19.5 Å². The zero-order valence-corrected chi connectivity index (χ0v) is 21.6. The summed E-state index contributed by atoms with van der Waals surface area (Å²) in [7, 11) is 0. The highest BCUT2D eigenvalue weighted by Gasteiger charge is 2.54. The number of rotatable bonds is 8. The van der Waals surface area contributed by atoms with Gasteiger partial charge in [0.15, 0.2) is 24.1 Å². The second kappa shape index (κ2) is 11.3. The van der Waals surface area contributed by atoms with Crippen LogP contribution < -0.4 is 28.0 Å². The Balaban J connectivity index is 0.00000320. The number of carbonyl (C=O) groups is 3. The number of nitrogens with two attached hydrogens (primary N) is 1. The number of allylic oxidation sites excluding steroid dienone is 1. The third kappa shape index (κ3) is 5.45. The lowest BCUT2D eigenvalue weighted by atomic mass is 10.0. The van der Waals surface area contributed by atoms with Gasteiger partial charge in [-0.15, -0.1) is 11.8 Å². The summed E-state index contributed by atoms with van der Waals surface area (Å²) in [6.07, 6.45) is 8.76. The van der Waals surface area contributed by atoms with Gasteiger partial charge in [0.2, 0.25) is 11.5 Å². The van der Waals surface area contributed by atoms with Crippen LogP contribution in [0.2, 0.25) is 0 Å². The Morgan fingerprint density at radius 1 is 1.32 bits per heavy atom. The highest BCUT2D eigenvalue weighted by atomic mass is 35.5. The molecular weight excluding hydrogens is 542 g/mol. The number of thioether (sulfide) groups is 1. The van der Waals surface area contributed by atoms with Crippen molar-refractivity contribution in [1.29, 1.82) is 0 Å². The molecule has 15 heteroatoms. The molecule has 2 aromatic heterocycles. The molecule has 4 heterocycles. The van der Waals surface area contributed by atoms with Gasteiger partial charge in [-0.1, -0.05) is 17.3 Å². The standard InChI is InChI=1S/C22H21N7O5S2.ClH/c23-22-25-17(27-36-22)14(26-34-13-6-2-3-7-13)18(30)24-15-19(31)29-16(21(32)33)12(11-35-20(15)29)10-28-8-4-1-5-9-28;/h1-2,4-6,8-9,13,15,20H,3,7,10-11H2,(H3-,23,24,25,27,30,32,33);1H/b26-14-;/t13?,15?,20-;/m1./s1. The number of aliphatic carboxylic acids is 1. The van der Waals surface area contributed by atoms with E-state index in [4.69, 9.17) is 10.6 Å². The van der Waals surface area contributed by atoms with Gasteiger partial charge < -0.3 is 33.4 Å². The molecule has 0 spiro atoms. The summed E-state index contributed by atoms with van der Waals surface area (Å²) >= 11 is 2.29. The first-order valence-electron chi connectivity index (χ1n) is 11.1. The van der Waals surface area contributed by atoms with Gasteiger partial charge in [-0.2, -0.15) is 9.36 Å². The Bertz CT molecular complexity index is 1300. The van der Waals surface area contributed by atoms with E-state index in [0.29, 0.717) is 17.9 Å². The minimum absolute atomic E-state index is 0. The highest BCUT2D eigenvalue weighted by Crippen LogP contribution is 2.40. The van der Waals surface area contributed by atoms with E-state index in [0.717, 1.165) is 24.4 Å². The molecule has 0 aromatic carbocycles. The minimum Gasteiger partial charge on any atom is -1.00 e. The fourth-order valence-corrected chi connectivity index (χ4v) is 5.87. The Hall–Kier alpha value is -3.49. The van der Waals surface area contributed by atoms with Gasteiger partial charge in [0.25, 0.3) is 11.8 Å². The first-order chi connectivity index (χ1) is 17.4. The molecule has 4 N–H and O–H groups in total. The number of hydrogen-bond acceptors (Lipinski definition) is 10. The van der Waals surface area contributed by atoms with Gasteiger partial charge in [-0.25, -0.2) is 9.36 Å². The maximum atomic E-state index is 13.1. The third-order valence-corrected chi connectivity index (χ3v) is 7.69. The number of hydrogen-bond donors (Lipinski definition) is 3. The SMILES string of the molecule is Nc1nc(/C(=N/OC2C=CCC2)C(=O)NC2C(=O)N3C(C(=O)O)=C(C[n+]4ccccc4)CS[C@H]23)ns1.[Cl-]. The van der Waals surface area contributed by atoms with Crippen molar-refractivity contribution in [2.75, 3.05) is 11.5 Å². The van der Waals surface area contributed by atoms with Crippen LogP contribution in [-0.4, -0.2) is 66.1 Å². The van der Waals surface area contributed by atoms with Crippen LogP contribution in [0.25, 0.3) is 0 Å². The summed E-state index contributed by atoms with van der Waals surface area (Å²) in [6.45, 7) is 0.337. The molecule has 37 heavy (non-hydrogen) atoms. The molecule has 2 amide bonds. The van der Waals surface area contributed by atoms with E-state index in [2.05, 4.69) is 19.8 Å². The van der Waals surface area contributed by atoms with Gasteiger partial charge in [-0.05, 0) is 18.9 Å². The normalized spacial score (nSPS) is 22.7. The lowest BCUT2D eigenvalue weighted by Gasteiger charge is -2.49. The number of nitrogen functional groups attached to an aromatic ring is 1. The maximum Gasteiger partial charge on any atom is 0.352 e. The molecular formula is C22H22ClN7O5S2. The largest absolute Gasteiger partial charge is 1.00 e. The van der Waals surface area contributed by atoms with Crippen molar-refractivity contribution in [3.63, 3.8) is 0 Å². The van der Waals surface area contributed by atoms with Crippen LogP contribution in [0.3, 0.4) is 0 Å². The predicted molar refractivity (Wildman–Crippen MR) is 130 cm³/mol. The fraction of sp³-hybridized carbons (Fsp3) is 0.318. The Morgan fingerprint density at radius 2 is 2.11 bits per heavy atom. The molecule has 1 fully saturated rings. The highest BCUT2D eigenvalue weighted by molar-refractivity contribution is 8.00. The van der Waals surface area contributed by atoms with Crippen LogP contribution in [0.1, 0.15) is 18.7 Å². The minimum atomic E-state index is -1.19. The number of nitrogens with one attached hydrogen (secondary N) is 1. The zero-order valence-electron chi connectivity index (χ0n) is 19.2. The molecule has 2 unspecified atom stereocenters. The number of anilines is 1. The van der Waals surface area contributed by atoms with Gasteiger partial charge in [0, 0.05) is 35.0 Å². The molecule has 5 rings (SSSR count). The second-order valence-electron chi connectivity index (χ2n) is 8.21. The molecule has 1 aliphatic carbocycles. The van der Waals surface area contributed by atoms with E-state index in [1.807, 2.05) is 47.3 Å². The van der Waals surface area contributed by atoms with Crippen LogP contribution in [0.4, 0.5) is 5.13 Å². The predicted octanol–water partition coefficient (Wildman–Crippen LogP) is -2.71. The number of pyridine rings is 1. The van der Waals surface area contributed by atoms with Crippen LogP contribution in [0, 0.1) is 0 Å². The molecule has 194 valence electrons. The summed E-state index contributed by atoms with van der Waals surface area (Å²) in [5, 5.41) is 16.1. The van der Waals surface area contributed by atoms with Gasteiger partial charge in [0.1, 0.15) is 23.2 Å². The second-order valence-corrected chi connectivity index (χ2v) is 10.1. The third-order valence-electron chi connectivity index (χ3n) is 5.80. The van der Waals surface area contributed by atoms with Crippen molar-refractivity contribution in [2.24, 2.45) is 5.16 Å². The molecule has 0 bridgehead atoms. The molecule has 3 atom stereocenters. The monoisotopic (exact) mass is 563 g/mol. The van der Waals surface area contributed by atoms with Gasteiger partial charge in [0.05, 0.1) is 0 Å². The first kappa shape index (κ1) is 26.6. The van der Waals surface area contributed by atoms with Crippen LogP contribution in [0.5, 0.6) is 0 Å². The van der Waals surface area contributed by atoms with E-state index >= 15 is 0 Å². The molecule has 3 aliphatic rings. The number of β-lactam (4-membered cyclic amide) rings is 1. The molecule has 0 radical (unpaired) electrons. The van der Waals surface area contributed by atoms with Gasteiger partial charge in [-0.3, -0.25) is 14.5 Å². The van der Waals surface area contributed by atoms with Crippen molar-refractivity contribution in [1.82, 2.24) is 19.6 Å². The number of carboxylic acid groups (broad SMARTS) is 1. The molecule has 2 aromatic rings. The number of nitrogens with zero attached hydrogens (tertiary/aromatic N) is 5. The molecule has 0 saturated carbocycles. The number of halogens is 1. The number of carbonyl (C=O) groups excluding carboxylic acids is 2. The number of carboxylic acids is 1. The van der Waals surface area contributed by atoms with Crippen molar-refractivity contribution in [3.8, 4) is 0 Å². The Morgan fingerprint density at radius 3 is 2.76 bits per heavy atom. The maximum absolute atomic E-state index is 13.1. The van der Waals surface area contributed by atoms with Gasteiger partial charge >= 0.3 is 5.97 Å². The van der Waals surface area contributed by atoms with E-state index in [1.54, 1.807) is 0 Å². The van der Waals surface area contributed by atoms with E-state index in [1.165, 1.54) is 16.7 Å². The molecule has 2 aliphatic heterocycles. The van der Waals surface area contributed by atoms with Crippen molar-refractivity contribution < 1.29 is 41.3 Å². The Kier molecular flexibility index (Phi) is 8.10. The summed E-state index contributed by atoms with van der Waals surface area (Å²) in [6, 6.07) is 4.62. The van der Waals surface area contributed by atoms with Crippen molar-refractivity contribution >= 4 is 51.9 Å². The summed E-state index contributed by atoms with van der Waals surface area (Å²) in [5.41, 5.74) is 6.03. The lowest BCUT2D eigenvalue weighted by Crippen LogP contribution is -3.00. The Labute approximate surface area is 225 Å². The lowest BCUT2D eigenvalue weighted by molar-refractivity contribution is -0.689. The number of aromatic nitrogens is 3. The smallest absolute Gasteiger partial charge is 0.352 e. The van der Waals surface area contributed by atoms with Crippen LogP contribution in [-0.2, 0) is 25.8 Å². The summed E-state index contributed by atoms with van der Waals surface area (Å²) in [5.74, 6) is -2.03. The first-order valence-corrected chi connectivity index (χ1v) is 12.9. The van der Waals surface area contributed by atoms with Crippen molar-refractivity contribution in [2.45, 2.75) is 36.9 Å². The van der Waals surface area contributed by atoms with E-state index in [-0.39, 0.29) is 40.9 Å². The zero-order chi connectivity index (χ0) is 25.2. The quantitative estimate of drug-likeness (QED) is 0.102. The van der Waals surface area contributed by atoms with Crippen molar-refractivity contribution in [3.05, 3.63) is 59.8 Å². The molecule has 1 saturated heterocycles. The summed E-state index contributed by atoms with van der Waals surface area (Å²) < 4.78 is 5.89. The number of amides is 2. The number of fused-ring (bicyclic) bond motifs is 1. The van der Waals surface area contributed by atoms with E-state index < -0.39 is 29.2 Å². The molecule has 12 nitrogen and oxygen atoms in total.